The molecule has 2 N–H and O–H groups in total. The van der Waals surface area contributed by atoms with Crippen LogP contribution in [0.1, 0.15) is 0 Å². The lowest BCUT2D eigenvalue weighted by atomic mass is 10.0. The number of nitrogens with one attached hydrogen (secondary N) is 2. The van der Waals surface area contributed by atoms with Gasteiger partial charge in [0.15, 0.2) is 0 Å². The molecule has 8 heteroatoms. The van der Waals surface area contributed by atoms with E-state index in [-0.39, 0.29) is 11.7 Å². The molecule has 5 aromatic carbocycles. The first-order valence-corrected chi connectivity index (χ1v) is 13.3. The van der Waals surface area contributed by atoms with E-state index >= 15 is 0 Å². The lowest BCUT2D eigenvalue weighted by molar-refractivity contribution is -0.384. The van der Waals surface area contributed by atoms with Crippen LogP contribution in [-0.2, 0) is 0 Å². The van der Waals surface area contributed by atoms with Crippen LogP contribution in [0, 0.1) is 10.1 Å². The molecular weight excluding hydrogens is 526 g/mol. The van der Waals surface area contributed by atoms with Gasteiger partial charge in [0.05, 0.1) is 16.3 Å². The van der Waals surface area contributed by atoms with Gasteiger partial charge in [-0.2, -0.15) is 0 Å². The van der Waals surface area contributed by atoms with E-state index in [2.05, 4.69) is 10.6 Å². The Morgan fingerprint density at radius 1 is 0.643 bits per heavy atom. The van der Waals surface area contributed by atoms with Crippen molar-refractivity contribution in [3.05, 3.63) is 150 Å². The number of urea groups is 1. The van der Waals surface area contributed by atoms with E-state index in [0.717, 1.165) is 28.2 Å². The molecule has 0 aliphatic rings. The van der Waals surface area contributed by atoms with E-state index in [1.165, 1.54) is 12.1 Å². The summed E-state index contributed by atoms with van der Waals surface area (Å²) in [6.07, 6.45) is 0. The van der Waals surface area contributed by atoms with Crippen molar-refractivity contribution in [2.24, 2.45) is 0 Å². The lowest BCUT2D eigenvalue weighted by Crippen LogP contribution is -2.19. The fourth-order valence-corrected chi connectivity index (χ4v) is 4.79. The van der Waals surface area contributed by atoms with Crippen molar-refractivity contribution >= 4 is 23.1 Å². The van der Waals surface area contributed by atoms with Crippen molar-refractivity contribution in [1.82, 2.24) is 9.55 Å². The first-order chi connectivity index (χ1) is 20.6. The number of anilines is 2. The Bertz CT molecular complexity index is 1850. The van der Waals surface area contributed by atoms with Crippen molar-refractivity contribution in [3.63, 3.8) is 0 Å². The summed E-state index contributed by atoms with van der Waals surface area (Å²) in [4.78, 5) is 28.9. The summed E-state index contributed by atoms with van der Waals surface area (Å²) < 4.78 is 2.00. The topological polar surface area (TPSA) is 102 Å². The van der Waals surface area contributed by atoms with Crippen molar-refractivity contribution in [1.29, 1.82) is 0 Å². The second-order valence-corrected chi connectivity index (χ2v) is 9.50. The third-order valence-electron chi connectivity index (χ3n) is 6.70. The van der Waals surface area contributed by atoms with Crippen LogP contribution in [0.2, 0.25) is 0 Å². The summed E-state index contributed by atoms with van der Waals surface area (Å²) in [5.74, 6) is 0.555. The van der Waals surface area contributed by atoms with E-state index < -0.39 is 4.92 Å². The number of imidazole rings is 1. The van der Waals surface area contributed by atoms with Gasteiger partial charge in [-0.3, -0.25) is 14.7 Å². The van der Waals surface area contributed by atoms with Gasteiger partial charge in [-0.05, 0) is 36.4 Å². The number of amides is 2. The summed E-state index contributed by atoms with van der Waals surface area (Å²) in [6, 6.07) is 42.5. The SMILES string of the molecule is O=C(Nc1ccccc1)Nc1ccc(-n2c(-c3cccc([N+](=O)[O-])c3)nc(-c3ccccc3)c2-c2ccccc2)cc1. The third-order valence-corrected chi connectivity index (χ3v) is 6.70. The fraction of sp³-hybridized carbons (Fsp3) is 0. The molecule has 1 heterocycles. The maximum absolute atomic E-state index is 12.6. The second kappa shape index (κ2) is 11.6. The zero-order chi connectivity index (χ0) is 28.9. The molecule has 0 saturated carbocycles. The first kappa shape index (κ1) is 26.2. The monoisotopic (exact) mass is 551 g/mol. The minimum absolute atomic E-state index is 0.0199. The molecule has 6 rings (SSSR count). The number of nitro groups is 1. The van der Waals surface area contributed by atoms with Crippen LogP contribution in [0.15, 0.2) is 140 Å². The standard InChI is InChI=1S/C34H25N5O3/c40-34(35-27-16-8-3-9-17-27)36-28-19-21-29(22-20-28)38-32(25-13-6-2-7-14-25)31(24-11-4-1-5-12-24)37-33(38)26-15-10-18-30(23-26)39(41)42/h1-23H,(H2,35,36,40). The average Bonchev–Trinajstić information content (AvgIpc) is 3.44. The number of nitrogens with zero attached hydrogens (tertiary/aromatic N) is 3. The van der Waals surface area contributed by atoms with Crippen molar-refractivity contribution in [3.8, 4) is 39.6 Å². The number of aromatic nitrogens is 2. The van der Waals surface area contributed by atoms with Crippen LogP contribution < -0.4 is 10.6 Å². The molecule has 2 amide bonds. The molecule has 42 heavy (non-hydrogen) atoms. The largest absolute Gasteiger partial charge is 0.323 e. The van der Waals surface area contributed by atoms with Gasteiger partial charge < -0.3 is 10.6 Å². The van der Waals surface area contributed by atoms with Crippen LogP contribution >= 0.6 is 0 Å². The normalized spacial score (nSPS) is 10.7. The molecule has 8 nitrogen and oxygen atoms in total. The van der Waals surface area contributed by atoms with Crippen molar-refractivity contribution < 1.29 is 9.72 Å². The lowest BCUT2D eigenvalue weighted by Gasteiger charge is -2.15. The first-order valence-electron chi connectivity index (χ1n) is 13.3. The molecular formula is C34H25N5O3. The van der Waals surface area contributed by atoms with Gasteiger partial charge in [0.2, 0.25) is 0 Å². The van der Waals surface area contributed by atoms with Crippen LogP contribution in [-0.4, -0.2) is 20.5 Å². The van der Waals surface area contributed by atoms with Crippen LogP contribution in [0.25, 0.3) is 39.6 Å². The summed E-state index contributed by atoms with van der Waals surface area (Å²) >= 11 is 0. The fourth-order valence-electron chi connectivity index (χ4n) is 4.79. The highest BCUT2D eigenvalue weighted by Crippen LogP contribution is 2.39. The molecule has 0 unspecified atom stereocenters. The van der Waals surface area contributed by atoms with E-state index in [1.807, 2.05) is 126 Å². The maximum Gasteiger partial charge on any atom is 0.323 e. The summed E-state index contributed by atoms with van der Waals surface area (Å²) in [5, 5.41) is 17.3. The van der Waals surface area contributed by atoms with Crippen molar-refractivity contribution in [2.45, 2.75) is 0 Å². The molecule has 0 fully saturated rings. The van der Waals surface area contributed by atoms with Crippen molar-refractivity contribution in [2.75, 3.05) is 10.6 Å². The summed E-state index contributed by atoms with van der Waals surface area (Å²) in [5.41, 5.74) is 6.09. The molecule has 0 atom stereocenters. The summed E-state index contributed by atoms with van der Waals surface area (Å²) in [6.45, 7) is 0. The number of para-hydroxylation sites is 1. The van der Waals surface area contributed by atoms with E-state index in [4.69, 9.17) is 4.98 Å². The molecule has 0 aliphatic heterocycles. The number of non-ortho nitro benzene ring substituents is 1. The quantitative estimate of drug-likeness (QED) is 0.154. The van der Waals surface area contributed by atoms with E-state index in [0.29, 0.717) is 22.8 Å². The number of carbonyl (C=O) groups is 1. The van der Waals surface area contributed by atoms with Crippen LogP contribution in [0.4, 0.5) is 21.9 Å². The number of nitro benzene ring substituents is 1. The highest BCUT2D eigenvalue weighted by molar-refractivity contribution is 5.99. The zero-order valence-electron chi connectivity index (χ0n) is 22.3. The highest BCUT2D eigenvalue weighted by Gasteiger charge is 2.23. The van der Waals surface area contributed by atoms with Gasteiger partial charge >= 0.3 is 6.03 Å². The van der Waals surface area contributed by atoms with Crippen LogP contribution in [0.3, 0.4) is 0 Å². The second-order valence-electron chi connectivity index (χ2n) is 9.50. The maximum atomic E-state index is 12.6. The van der Waals surface area contributed by atoms with E-state index in [1.54, 1.807) is 6.07 Å². The molecule has 0 spiro atoms. The molecule has 0 radical (unpaired) electrons. The Morgan fingerprint density at radius 2 is 1.19 bits per heavy atom. The Hall–Kier alpha value is -6.02. The summed E-state index contributed by atoms with van der Waals surface area (Å²) in [7, 11) is 0. The number of benzene rings is 5. The average molecular weight is 552 g/mol. The smallest absolute Gasteiger partial charge is 0.308 e. The highest BCUT2D eigenvalue weighted by atomic mass is 16.6. The van der Waals surface area contributed by atoms with Gasteiger partial charge in [0, 0.05) is 45.9 Å². The van der Waals surface area contributed by atoms with Crippen LogP contribution in [0.5, 0.6) is 0 Å². The predicted octanol–water partition coefficient (Wildman–Crippen LogP) is 8.43. The van der Waals surface area contributed by atoms with E-state index in [9.17, 15) is 14.9 Å². The van der Waals surface area contributed by atoms with Gasteiger partial charge in [0.25, 0.3) is 5.69 Å². The minimum atomic E-state index is -0.409. The Morgan fingerprint density at radius 3 is 1.81 bits per heavy atom. The predicted molar refractivity (Wildman–Crippen MR) is 166 cm³/mol. The van der Waals surface area contributed by atoms with Gasteiger partial charge in [0.1, 0.15) is 5.82 Å². The van der Waals surface area contributed by atoms with Gasteiger partial charge in [-0.25, -0.2) is 9.78 Å². The van der Waals surface area contributed by atoms with Gasteiger partial charge in [-0.1, -0.05) is 91.0 Å². The number of hydrogen-bond donors (Lipinski definition) is 2. The molecule has 0 saturated heterocycles. The minimum Gasteiger partial charge on any atom is -0.308 e. The Balaban J connectivity index is 1.48. The molecule has 6 aromatic rings. The number of hydrogen-bond acceptors (Lipinski definition) is 4. The number of rotatable bonds is 7. The molecule has 0 aliphatic carbocycles. The molecule has 204 valence electrons. The molecule has 1 aromatic heterocycles. The Labute approximate surface area is 242 Å². The molecule has 0 bridgehead atoms. The van der Waals surface area contributed by atoms with Gasteiger partial charge in [-0.15, -0.1) is 0 Å². The Kier molecular flexibility index (Phi) is 7.25. The zero-order valence-corrected chi connectivity index (χ0v) is 22.3. The third kappa shape index (κ3) is 5.50. The number of carbonyl (C=O) groups excluding carboxylic acids is 1.